The van der Waals surface area contributed by atoms with Crippen LogP contribution in [-0.4, -0.2) is 35.9 Å². The van der Waals surface area contributed by atoms with Crippen molar-refractivity contribution in [2.75, 3.05) is 13.2 Å². The Morgan fingerprint density at radius 2 is 2.07 bits per heavy atom. The molecule has 0 bridgehead atoms. The lowest BCUT2D eigenvalue weighted by Crippen LogP contribution is -2.40. The molecule has 0 saturated carbocycles. The third-order valence-electron chi connectivity index (χ3n) is 5.38. The Morgan fingerprint density at radius 3 is 2.80 bits per heavy atom. The molecule has 0 heterocycles. The molecule has 2 atom stereocenters. The monoisotopic (exact) mass is 431 g/mol. The van der Waals surface area contributed by atoms with Crippen molar-refractivity contribution in [3.05, 3.63) is 64.2 Å². The van der Waals surface area contributed by atoms with Gasteiger partial charge in [0.15, 0.2) is 5.60 Å². The zero-order chi connectivity index (χ0) is 21.7. The number of esters is 1. The second kappa shape index (κ2) is 9.82. The number of hydrogen-bond acceptors (Lipinski definition) is 5. The van der Waals surface area contributed by atoms with E-state index in [2.05, 4.69) is 11.4 Å². The number of benzene rings is 2. The summed E-state index contributed by atoms with van der Waals surface area (Å²) in [6.07, 6.45) is 2.20. The Balaban J connectivity index is 1.61. The molecule has 6 heteroatoms. The van der Waals surface area contributed by atoms with Gasteiger partial charge in [-0.15, -0.1) is 0 Å². The first kappa shape index (κ1) is 22.6. The van der Waals surface area contributed by atoms with Gasteiger partial charge in [0.25, 0.3) is 0 Å². The average molecular weight is 432 g/mol. The maximum atomic E-state index is 12.1. The van der Waals surface area contributed by atoms with Crippen molar-refractivity contribution in [2.45, 2.75) is 57.8 Å². The minimum atomic E-state index is -1.04. The van der Waals surface area contributed by atoms with E-state index in [1.54, 1.807) is 32.9 Å². The first-order valence-corrected chi connectivity index (χ1v) is 10.8. The van der Waals surface area contributed by atoms with Crippen molar-refractivity contribution in [3.63, 3.8) is 0 Å². The van der Waals surface area contributed by atoms with Crippen molar-refractivity contribution in [1.29, 1.82) is 0 Å². The molecule has 2 aromatic rings. The Labute approximate surface area is 183 Å². The molecule has 1 aliphatic carbocycles. The number of rotatable bonds is 8. The van der Waals surface area contributed by atoms with Crippen molar-refractivity contribution in [2.24, 2.45) is 0 Å². The Kier molecular flexibility index (Phi) is 7.40. The van der Waals surface area contributed by atoms with E-state index in [9.17, 15) is 9.90 Å². The third-order valence-corrected chi connectivity index (χ3v) is 5.61. The lowest BCUT2D eigenvalue weighted by molar-refractivity contribution is -0.158. The SMILES string of the molecule is CCOC(=O)C(C)(C)Oc1ccc2c(c1)C[C@H](NC[C@H](O)c1cccc(Cl)c1)CC2. The summed E-state index contributed by atoms with van der Waals surface area (Å²) in [5.41, 5.74) is 2.26. The Morgan fingerprint density at radius 1 is 1.27 bits per heavy atom. The highest BCUT2D eigenvalue weighted by Crippen LogP contribution is 2.28. The molecule has 5 nitrogen and oxygen atoms in total. The molecule has 0 unspecified atom stereocenters. The fourth-order valence-corrected chi connectivity index (χ4v) is 3.92. The van der Waals surface area contributed by atoms with Crippen LogP contribution in [0, 0.1) is 0 Å². The second-order valence-corrected chi connectivity index (χ2v) is 8.62. The topological polar surface area (TPSA) is 67.8 Å². The summed E-state index contributed by atoms with van der Waals surface area (Å²) < 4.78 is 11.0. The summed E-state index contributed by atoms with van der Waals surface area (Å²) in [6, 6.07) is 13.6. The summed E-state index contributed by atoms with van der Waals surface area (Å²) in [6.45, 7) is 6.00. The highest BCUT2D eigenvalue weighted by atomic mass is 35.5. The minimum absolute atomic E-state index is 0.264. The predicted octanol–water partition coefficient (Wildman–Crippen LogP) is 4.24. The number of aliphatic hydroxyl groups excluding tert-OH is 1. The average Bonchev–Trinajstić information content (AvgIpc) is 2.71. The maximum absolute atomic E-state index is 12.1. The molecule has 0 fully saturated rings. The van der Waals surface area contributed by atoms with E-state index in [1.807, 2.05) is 24.3 Å². The van der Waals surface area contributed by atoms with Gasteiger partial charge in [0, 0.05) is 17.6 Å². The normalized spacial score (nSPS) is 17.2. The standard InChI is InChI=1S/C24H30ClNO4/c1-4-29-23(28)24(2,3)30-21-11-9-16-8-10-20(13-18(16)14-21)26-15-22(27)17-6-5-7-19(25)12-17/h5-7,9,11-12,14,20,22,26-27H,4,8,10,13,15H2,1-3H3/t20-,22+/m1/s1. The van der Waals surface area contributed by atoms with Crippen LogP contribution in [0.5, 0.6) is 5.75 Å². The summed E-state index contributed by atoms with van der Waals surface area (Å²) >= 11 is 6.02. The lowest BCUT2D eigenvalue weighted by atomic mass is 9.88. The molecule has 0 radical (unpaired) electrons. The van der Waals surface area contributed by atoms with E-state index in [-0.39, 0.29) is 12.0 Å². The summed E-state index contributed by atoms with van der Waals surface area (Å²) in [5.74, 6) is 0.281. The van der Waals surface area contributed by atoms with Gasteiger partial charge in [0.05, 0.1) is 12.7 Å². The Bertz CT molecular complexity index is 883. The molecule has 30 heavy (non-hydrogen) atoms. The van der Waals surface area contributed by atoms with Gasteiger partial charge >= 0.3 is 5.97 Å². The molecule has 0 spiro atoms. The van der Waals surface area contributed by atoms with Crippen LogP contribution in [0.25, 0.3) is 0 Å². The molecule has 0 amide bonds. The van der Waals surface area contributed by atoms with Gasteiger partial charge in [-0.3, -0.25) is 0 Å². The fourth-order valence-electron chi connectivity index (χ4n) is 3.72. The molecule has 3 rings (SSSR count). The van der Waals surface area contributed by atoms with E-state index in [0.29, 0.717) is 23.9 Å². The van der Waals surface area contributed by atoms with Crippen LogP contribution < -0.4 is 10.1 Å². The maximum Gasteiger partial charge on any atom is 0.349 e. The van der Waals surface area contributed by atoms with Crippen molar-refractivity contribution in [1.82, 2.24) is 5.32 Å². The number of aliphatic hydroxyl groups is 1. The van der Waals surface area contributed by atoms with Gasteiger partial charge in [0.1, 0.15) is 5.75 Å². The zero-order valence-corrected chi connectivity index (χ0v) is 18.5. The molecule has 0 saturated heterocycles. The van der Waals surface area contributed by atoms with E-state index in [0.717, 1.165) is 24.8 Å². The van der Waals surface area contributed by atoms with Gasteiger partial charge in [-0.1, -0.05) is 29.8 Å². The number of ether oxygens (including phenoxy) is 2. The molecule has 2 N–H and O–H groups in total. The number of aryl methyl sites for hydroxylation is 1. The third kappa shape index (κ3) is 5.75. The highest BCUT2D eigenvalue weighted by molar-refractivity contribution is 6.30. The van der Waals surface area contributed by atoms with Crippen LogP contribution in [0.3, 0.4) is 0 Å². The highest BCUT2D eigenvalue weighted by Gasteiger charge is 2.32. The minimum Gasteiger partial charge on any atom is -0.476 e. The van der Waals surface area contributed by atoms with Crippen LogP contribution >= 0.6 is 11.6 Å². The lowest BCUT2D eigenvalue weighted by Gasteiger charge is -2.28. The molecular formula is C24H30ClNO4. The van der Waals surface area contributed by atoms with Crippen molar-refractivity contribution in [3.8, 4) is 5.75 Å². The fraction of sp³-hybridized carbons (Fsp3) is 0.458. The summed E-state index contributed by atoms with van der Waals surface area (Å²) in [5, 5.41) is 14.5. The van der Waals surface area contributed by atoms with Crippen LogP contribution in [-0.2, 0) is 22.4 Å². The largest absolute Gasteiger partial charge is 0.476 e. The van der Waals surface area contributed by atoms with Gasteiger partial charge < -0.3 is 19.9 Å². The van der Waals surface area contributed by atoms with E-state index in [1.165, 1.54) is 11.1 Å². The van der Waals surface area contributed by atoms with Gasteiger partial charge in [-0.25, -0.2) is 4.79 Å². The van der Waals surface area contributed by atoms with Gasteiger partial charge in [-0.05, 0) is 81.0 Å². The number of fused-ring (bicyclic) bond motifs is 1. The van der Waals surface area contributed by atoms with Crippen LogP contribution in [0.4, 0.5) is 0 Å². The van der Waals surface area contributed by atoms with Gasteiger partial charge in [-0.2, -0.15) is 0 Å². The first-order chi connectivity index (χ1) is 14.3. The number of hydrogen-bond donors (Lipinski definition) is 2. The van der Waals surface area contributed by atoms with E-state index < -0.39 is 11.7 Å². The van der Waals surface area contributed by atoms with Crippen LogP contribution in [0.1, 0.15) is 50.0 Å². The molecule has 1 aliphatic rings. The molecular weight excluding hydrogens is 402 g/mol. The van der Waals surface area contributed by atoms with E-state index in [4.69, 9.17) is 21.1 Å². The predicted molar refractivity (Wildman–Crippen MR) is 118 cm³/mol. The van der Waals surface area contributed by atoms with Crippen LogP contribution in [0.15, 0.2) is 42.5 Å². The molecule has 0 aliphatic heterocycles. The van der Waals surface area contributed by atoms with Crippen LogP contribution in [0.2, 0.25) is 5.02 Å². The number of halogens is 1. The van der Waals surface area contributed by atoms with Crippen molar-refractivity contribution >= 4 is 17.6 Å². The number of carbonyl (C=O) groups excluding carboxylic acids is 1. The summed E-state index contributed by atoms with van der Waals surface area (Å²) in [7, 11) is 0. The summed E-state index contributed by atoms with van der Waals surface area (Å²) in [4.78, 5) is 12.1. The quantitative estimate of drug-likeness (QED) is 0.612. The number of nitrogens with one attached hydrogen (secondary N) is 1. The number of carbonyl (C=O) groups is 1. The first-order valence-electron chi connectivity index (χ1n) is 10.4. The van der Waals surface area contributed by atoms with E-state index >= 15 is 0 Å². The second-order valence-electron chi connectivity index (χ2n) is 8.18. The van der Waals surface area contributed by atoms with Gasteiger partial charge in [0.2, 0.25) is 0 Å². The molecule has 2 aromatic carbocycles. The zero-order valence-electron chi connectivity index (χ0n) is 17.8. The molecule has 0 aromatic heterocycles. The molecule has 162 valence electrons. The smallest absolute Gasteiger partial charge is 0.349 e. The Hall–Kier alpha value is -2.08. The van der Waals surface area contributed by atoms with Crippen molar-refractivity contribution < 1.29 is 19.4 Å².